The molecule has 0 saturated heterocycles. The number of rotatable bonds is 5. The van der Waals surface area contributed by atoms with Crippen molar-refractivity contribution in [3.05, 3.63) is 29.3 Å². The van der Waals surface area contributed by atoms with E-state index in [1.54, 1.807) is 25.2 Å². The van der Waals surface area contributed by atoms with Crippen molar-refractivity contribution in [2.24, 2.45) is 17.6 Å². The molecule has 1 aromatic rings. The third-order valence-electron chi connectivity index (χ3n) is 4.01. The summed E-state index contributed by atoms with van der Waals surface area (Å²) >= 11 is 0. The molecular weight excluding hydrogens is 260 g/mol. The Kier molecular flexibility index (Phi) is 3.99. The van der Waals surface area contributed by atoms with Crippen LogP contribution in [0, 0.1) is 18.8 Å². The van der Waals surface area contributed by atoms with Crippen LogP contribution >= 0.6 is 0 Å². The van der Waals surface area contributed by atoms with Gasteiger partial charge < -0.3 is 5.73 Å². The summed E-state index contributed by atoms with van der Waals surface area (Å²) in [5.41, 5.74) is 7.51. The summed E-state index contributed by atoms with van der Waals surface area (Å²) < 4.78 is 26.4. The molecule has 0 aromatic heterocycles. The van der Waals surface area contributed by atoms with Gasteiger partial charge in [-0.2, -0.15) is 0 Å². The average Bonchev–Trinajstić information content (AvgIpc) is 3.04. The van der Waals surface area contributed by atoms with Crippen LogP contribution in [0.2, 0.25) is 0 Å². The highest BCUT2D eigenvalue weighted by Gasteiger charge is 2.36. The molecule has 19 heavy (non-hydrogen) atoms. The number of nitrogens with two attached hydrogens (primary N) is 1. The van der Waals surface area contributed by atoms with Crippen LogP contribution in [-0.2, 0) is 16.6 Å². The van der Waals surface area contributed by atoms with Crippen molar-refractivity contribution in [3.63, 3.8) is 0 Å². The Labute approximate surface area is 115 Å². The van der Waals surface area contributed by atoms with E-state index in [0.29, 0.717) is 29.8 Å². The van der Waals surface area contributed by atoms with Crippen molar-refractivity contribution in [2.75, 3.05) is 13.6 Å². The molecule has 0 aliphatic heterocycles. The molecule has 2 N–H and O–H groups in total. The molecule has 0 heterocycles. The quantitative estimate of drug-likeness (QED) is 0.894. The van der Waals surface area contributed by atoms with Crippen LogP contribution in [0.15, 0.2) is 23.1 Å². The van der Waals surface area contributed by atoms with Crippen LogP contribution < -0.4 is 5.73 Å². The number of hydrogen-bond donors (Lipinski definition) is 1. The molecule has 5 heteroatoms. The van der Waals surface area contributed by atoms with E-state index in [4.69, 9.17) is 5.73 Å². The van der Waals surface area contributed by atoms with Gasteiger partial charge in [-0.3, -0.25) is 0 Å². The van der Waals surface area contributed by atoms with E-state index in [1.807, 2.05) is 6.92 Å². The monoisotopic (exact) mass is 282 g/mol. The van der Waals surface area contributed by atoms with Crippen LogP contribution in [0.5, 0.6) is 0 Å². The van der Waals surface area contributed by atoms with Crippen molar-refractivity contribution in [2.45, 2.75) is 31.7 Å². The highest BCUT2D eigenvalue weighted by atomic mass is 32.2. The summed E-state index contributed by atoms with van der Waals surface area (Å²) in [6.07, 6.45) is 1.13. The highest BCUT2D eigenvalue weighted by molar-refractivity contribution is 7.89. The van der Waals surface area contributed by atoms with E-state index in [0.717, 1.165) is 17.5 Å². The lowest BCUT2D eigenvalue weighted by Gasteiger charge is -2.18. The first-order valence-corrected chi connectivity index (χ1v) is 8.06. The number of nitrogens with zero attached hydrogens (tertiary/aromatic N) is 1. The van der Waals surface area contributed by atoms with Crippen LogP contribution in [0.3, 0.4) is 0 Å². The van der Waals surface area contributed by atoms with Gasteiger partial charge in [-0.05, 0) is 48.4 Å². The summed E-state index contributed by atoms with van der Waals surface area (Å²) in [4.78, 5) is 0.359. The molecule has 0 radical (unpaired) electrons. The summed E-state index contributed by atoms with van der Waals surface area (Å²) in [5, 5.41) is 0. The second-order valence-electron chi connectivity index (χ2n) is 5.55. The lowest BCUT2D eigenvalue weighted by Crippen LogP contribution is -2.29. The maximum absolute atomic E-state index is 12.4. The molecule has 1 aromatic carbocycles. The summed E-state index contributed by atoms with van der Waals surface area (Å²) in [7, 11) is -1.71. The zero-order chi connectivity index (χ0) is 14.2. The molecule has 1 aliphatic carbocycles. The second kappa shape index (κ2) is 5.23. The van der Waals surface area contributed by atoms with Crippen LogP contribution in [0.25, 0.3) is 0 Å². The summed E-state index contributed by atoms with van der Waals surface area (Å²) in [6, 6.07) is 5.16. The third kappa shape index (κ3) is 2.99. The minimum Gasteiger partial charge on any atom is -0.326 e. The molecule has 4 nitrogen and oxygen atoms in total. The number of benzene rings is 1. The summed E-state index contributed by atoms with van der Waals surface area (Å²) in [5.74, 6) is 1.17. The Balaban J connectivity index is 2.21. The molecule has 106 valence electrons. The van der Waals surface area contributed by atoms with E-state index in [1.165, 1.54) is 4.31 Å². The lowest BCUT2D eigenvalue weighted by molar-refractivity contribution is 0.444. The fraction of sp³-hybridized carbons (Fsp3) is 0.571. The van der Waals surface area contributed by atoms with Gasteiger partial charge in [0.05, 0.1) is 4.90 Å². The first-order chi connectivity index (χ1) is 8.86. The SMILES string of the molecule is Cc1cc(S(=O)(=O)N(C)CC2CC2C)ccc1CN. The van der Waals surface area contributed by atoms with Gasteiger partial charge in [0.2, 0.25) is 10.0 Å². The molecule has 0 spiro atoms. The molecule has 2 atom stereocenters. The predicted molar refractivity (Wildman–Crippen MR) is 76.2 cm³/mol. The van der Waals surface area contributed by atoms with Crippen LogP contribution in [0.4, 0.5) is 0 Å². The smallest absolute Gasteiger partial charge is 0.242 e. The Morgan fingerprint density at radius 2 is 2.05 bits per heavy atom. The second-order valence-corrected chi connectivity index (χ2v) is 7.60. The third-order valence-corrected chi connectivity index (χ3v) is 5.83. The standard InChI is InChI=1S/C14H22N2O2S/c1-10-6-13(10)9-16(3)19(17,18)14-5-4-12(8-15)11(2)7-14/h4-5,7,10,13H,6,8-9,15H2,1-3H3. The van der Waals surface area contributed by atoms with Gasteiger partial charge in [-0.1, -0.05) is 13.0 Å². The average molecular weight is 282 g/mol. The molecule has 2 unspecified atom stereocenters. The van der Waals surface area contributed by atoms with E-state index in [-0.39, 0.29) is 0 Å². The Morgan fingerprint density at radius 3 is 2.53 bits per heavy atom. The maximum atomic E-state index is 12.4. The Hall–Kier alpha value is -0.910. The number of sulfonamides is 1. The van der Waals surface area contributed by atoms with Gasteiger partial charge in [-0.25, -0.2) is 12.7 Å². The van der Waals surface area contributed by atoms with Crippen LogP contribution in [-0.4, -0.2) is 26.3 Å². The predicted octanol–water partition coefficient (Wildman–Crippen LogP) is 1.73. The van der Waals surface area contributed by atoms with Gasteiger partial charge in [0.15, 0.2) is 0 Å². The fourth-order valence-corrected chi connectivity index (χ4v) is 3.63. The van der Waals surface area contributed by atoms with Crippen molar-refractivity contribution < 1.29 is 8.42 Å². The van der Waals surface area contributed by atoms with Gasteiger partial charge in [0, 0.05) is 20.1 Å². The van der Waals surface area contributed by atoms with Gasteiger partial charge in [0.1, 0.15) is 0 Å². The molecule has 2 rings (SSSR count). The molecule has 1 saturated carbocycles. The molecule has 0 bridgehead atoms. The molecular formula is C14H22N2O2S. The molecule has 0 amide bonds. The van der Waals surface area contributed by atoms with Crippen molar-refractivity contribution in [1.82, 2.24) is 4.31 Å². The largest absolute Gasteiger partial charge is 0.326 e. The van der Waals surface area contributed by atoms with Crippen molar-refractivity contribution >= 4 is 10.0 Å². The van der Waals surface area contributed by atoms with Gasteiger partial charge in [-0.15, -0.1) is 0 Å². The highest BCUT2D eigenvalue weighted by Crippen LogP contribution is 2.38. The number of aryl methyl sites for hydroxylation is 1. The van der Waals surface area contributed by atoms with Crippen molar-refractivity contribution in [3.8, 4) is 0 Å². The minimum atomic E-state index is -3.37. The van der Waals surface area contributed by atoms with Gasteiger partial charge >= 0.3 is 0 Å². The molecule has 1 fully saturated rings. The maximum Gasteiger partial charge on any atom is 0.242 e. The van der Waals surface area contributed by atoms with Crippen LogP contribution in [0.1, 0.15) is 24.5 Å². The zero-order valence-electron chi connectivity index (χ0n) is 11.8. The lowest BCUT2D eigenvalue weighted by atomic mass is 10.1. The fourth-order valence-electron chi connectivity index (χ4n) is 2.32. The van der Waals surface area contributed by atoms with E-state index in [2.05, 4.69) is 6.92 Å². The first-order valence-electron chi connectivity index (χ1n) is 6.62. The number of hydrogen-bond acceptors (Lipinski definition) is 3. The van der Waals surface area contributed by atoms with E-state index >= 15 is 0 Å². The topological polar surface area (TPSA) is 63.4 Å². The van der Waals surface area contributed by atoms with Gasteiger partial charge in [0.25, 0.3) is 0 Å². The van der Waals surface area contributed by atoms with E-state index in [9.17, 15) is 8.42 Å². The molecule has 1 aliphatic rings. The summed E-state index contributed by atoms with van der Waals surface area (Å²) in [6.45, 7) is 5.10. The zero-order valence-corrected chi connectivity index (χ0v) is 12.6. The first kappa shape index (κ1) is 14.5. The Morgan fingerprint density at radius 1 is 1.42 bits per heavy atom. The van der Waals surface area contributed by atoms with E-state index < -0.39 is 10.0 Å². The van der Waals surface area contributed by atoms with Crippen molar-refractivity contribution in [1.29, 1.82) is 0 Å². The minimum absolute atomic E-state index is 0.359. The normalized spacial score (nSPS) is 22.8. The Bertz CT molecular complexity index is 569.